The number of hydrogen-bond donors (Lipinski definition) is 4. The minimum atomic E-state index is -3.92. The Morgan fingerprint density at radius 2 is 2.26 bits per heavy atom. The number of H-pyrrole nitrogens is 1. The van der Waals surface area contributed by atoms with Crippen LogP contribution in [0.15, 0.2) is 22.7 Å². The van der Waals surface area contributed by atoms with Gasteiger partial charge in [0.15, 0.2) is 5.00 Å². The molecule has 2 rings (SSSR count). The summed E-state index contributed by atoms with van der Waals surface area (Å²) >= 11 is 0.658. The van der Waals surface area contributed by atoms with Crippen molar-refractivity contribution in [2.45, 2.75) is 4.21 Å². The average molecular weight is 304 g/mol. The second-order valence-electron chi connectivity index (χ2n) is 3.27. The highest BCUT2D eigenvalue weighted by Crippen LogP contribution is 2.36. The van der Waals surface area contributed by atoms with Crippen molar-refractivity contribution in [3.8, 4) is 0 Å². The molecule has 2 aromatic heterocycles. The monoisotopic (exact) mass is 304 g/mol. The normalized spacial score (nSPS) is 11.2. The lowest BCUT2D eigenvalue weighted by Crippen LogP contribution is -2.10. The van der Waals surface area contributed by atoms with Crippen LogP contribution in [-0.2, 0) is 10.0 Å². The number of nitrogens with zero attached hydrogens (tertiary/aromatic N) is 2. The van der Waals surface area contributed by atoms with Gasteiger partial charge in [-0.2, -0.15) is 5.10 Å². The van der Waals surface area contributed by atoms with Gasteiger partial charge in [-0.3, -0.25) is 19.9 Å². The zero-order valence-corrected chi connectivity index (χ0v) is 10.8. The first-order valence-electron chi connectivity index (χ1n) is 4.70. The molecule has 0 radical (unpaired) electrons. The Bertz CT molecular complexity index is 691. The number of aromatic nitrogens is 2. The maximum Gasteiger partial charge on any atom is 0.306 e. The molecule has 0 aromatic carbocycles. The van der Waals surface area contributed by atoms with Crippen molar-refractivity contribution in [1.82, 2.24) is 10.2 Å². The molecule has 0 aliphatic carbocycles. The standard InChI is InChI=1S/C7H8N6O4S2/c8-11-7-5(13(14)15)1-6(18-7)19(16,17)12-4-2-9-10-3-4/h1-3,11-12H,8H2,(H,9,10). The first-order valence-corrected chi connectivity index (χ1v) is 7.00. The molecule has 0 amide bonds. The Kier molecular flexibility index (Phi) is 3.37. The molecule has 0 unspecified atom stereocenters. The zero-order chi connectivity index (χ0) is 14.0. The van der Waals surface area contributed by atoms with Crippen molar-refractivity contribution in [2.75, 3.05) is 10.1 Å². The van der Waals surface area contributed by atoms with Gasteiger partial charge < -0.3 is 5.43 Å². The second-order valence-corrected chi connectivity index (χ2v) is 6.24. The van der Waals surface area contributed by atoms with Gasteiger partial charge >= 0.3 is 5.69 Å². The lowest BCUT2D eigenvalue weighted by molar-refractivity contribution is -0.383. The van der Waals surface area contributed by atoms with Crippen LogP contribution in [-0.4, -0.2) is 23.5 Å². The number of thiophene rings is 1. The van der Waals surface area contributed by atoms with Gasteiger partial charge in [0.25, 0.3) is 10.0 Å². The topological polar surface area (TPSA) is 156 Å². The van der Waals surface area contributed by atoms with Crippen molar-refractivity contribution in [3.05, 3.63) is 28.6 Å². The van der Waals surface area contributed by atoms with E-state index in [1.807, 2.05) is 0 Å². The summed E-state index contributed by atoms with van der Waals surface area (Å²) in [5.74, 6) is 5.11. The number of aromatic amines is 1. The summed E-state index contributed by atoms with van der Waals surface area (Å²) in [5.41, 5.74) is 1.91. The van der Waals surface area contributed by atoms with Crippen LogP contribution in [0.1, 0.15) is 0 Å². The van der Waals surface area contributed by atoms with Crippen molar-refractivity contribution in [3.63, 3.8) is 0 Å². The van der Waals surface area contributed by atoms with Crippen LogP contribution in [0.5, 0.6) is 0 Å². The smallest absolute Gasteiger partial charge is 0.306 e. The maximum atomic E-state index is 12.0. The van der Waals surface area contributed by atoms with Crippen LogP contribution in [0.4, 0.5) is 16.4 Å². The van der Waals surface area contributed by atoms with Crippen LogP contribution in [0.2, 0.25) is 0 Å². The molecule has 102 valence electrons. The third kappa shape index (κ3) is 2.64. The van der Waals surface area contributed by atoms with Crippen molar-refractivity contribution < 1.29 is 13.3 Å². The van der Waals surface area contributed by atoms with E-state index in [9.17, 15) is 18.5 Å². The number of nitrogens with two attached hydrogens (primary N) is 1. The van der Waals surface area contributed by atoms with E-state index in [-0.39, 0.29) is 14.9 Å². The van der Waals surface area contributed by atoms with Crippen LogP contribution in [0.25, 0.3) is 0 Å². The minimum Gasteiger partial charge on any atom is -0.310 e. The lowest BCUT2D eigenvalue weighted by Gasteiger charge is -2.01. The van der Waals surface area contributed by atoms with Gasteiger partial charge in [0.2, 0.25) is 0 Å². The van der Waals surface area contributed by atoms with E-state index in [0.29, 0.717) is 11.3 Å². The number of sulfonamides is 1. The zero-order valence-electron chi connectivity index (χ0n) is 9.15. The number of nitrogen functional groups attached to an aromatic ring is 1. The minimum absolute atomic E-state index is 0.0439. The summed E-state index contributed by atoms with van der Waals surface area (Å²) in [6, 6.07) is 0.933. The van der Waals surface area contributed by atoms with Crippen LogP contribution in [0.3, 0.4) is 0 Å². The summed E-state index contributed by atoms with van der Waals surface area (Å²) < 4.78 is 25.9. The fourth-order valence-corrected chi connectivity index (χ4v) is 3.51. The van der Waals surface area contributed by atoms with E-state index in [1.165, 1.54) is 12.4 Å². The molecule has 0 saturated carbocycles. The third-order valence-electron chi connectivity index (χ3n) is 2.03. The van der Waals surface area contributed by atoms with Crippen molar-refractivity contribution in [1.29, 1.82) is 0 Å². The molecule has 0 aliphatic rings. The van der Waals surface area contributed by atoms with E-state index in [4.69, 9.17) is 5.84 Å². The molecule has 2 heterocycles. The number of rotatable bonds is 5. The fourth-order valence-electron chi connectivity index (χ4n) is 1.24. The average Bonchev–Trinajstić information content (AvgIpc) is 2.95. The van der Waals surface area contributed by atoms with Gasteiger partial charge in [-0.05, 0) is 0 Å². The van der Waals surface area contributed by atoms with E-state index in [0.717, 1.165) is 6.07 Å². The molecule has 5 N–H and O–H groups in total. The molecule has 0 bridgehead atoms. The number of hydrazine groups is 1. The molecule has 2 aromatic rings. The van der Waals surface area contributed by atoms with Crippen LogP contribution < -0.4 is 16.0 Å². The van der Waals surface area contributed by atoms with E-state index in [2.05, 4.69) is 20.3 Å². The Morgan fingerprint density at radius 1 is 1.53 bits per heavy atom. The van der Waals surface area contributed by atoms with E-state index >= 15 is 0 Å². The second kappa shape index (κ2) is 4.83. The Hall–Kier alpha value is -2.18. The fraction of sp³-hybridized carbons (Fsp3) is 0. The van der Waals surface area contributed by atoms with E-state index < -0.39 is 20.6 Å². The molecular weight excluding hydrogens is 296 g/mol. The third-order valence-corrected chi connectivity index (χ3v) is 4.94. The van der Waals surface area contributed by atoms with Crippen LogP contribution >= 0.6 is 11.3 Å². The van der Waals surface area contributed by atoms with Gasteiger partial charge in [-0.15, -0.1) is 0 Å². The molecule has 0 spiro atoms. The SMILES string of the molecule is NNc1sc(S(=O)(=O)Nc2cn[nH]c2)cc1[N+](=O)[O-]. The molecule has 12 heteroatoms. The highest BCUT2D eigenvalue weighted by atomic mass is 32.2. The summed E-state index contributed by atoms with van der Waals surface area (Å²) in [6.07, 6.45) is 2.60. The lowest BCUT2D eigenvalue weighted by atomic mass is 10.5. The molecule has 19 heavy (non-hydrogen) atoms. The Balaban J connectivity index is 2.38. The molecule has 10 nitrogen and oxygen atoms in total. The first-order chi connectivity index (χ1) is 8.94. The number of nitrogens with one attached hydrogen (secondary N) is 3. The highest BCUT2D eigenvalue weighted by molar-refractivity contribution is 7.94. The molecular formula is C7H8N6O4S2. The molecule has 0 saturated heterocycles. The highest BCUT2D eigenvalue weighted by Gasteiger charge is 2.26. The summed E-state index contributed by atoms with van der Waals surface area (Å²) in [4.78, 5) is 10.0. The Labute approximate surface area is 110 Å². The van der Waals surface area contributed by atoms with Gasteiger partial charge in [-0.25, -0.2) is 14.3 Å². The summed E-state index contributed by atoms with van der Waals surface area (Å²) in [5, 5.41) is 16.7. The quantitative estimate of drug-likeness (QED) is 0.355. The van der Waals surface area contributed by atoms with Crippen LogP contribution in [0, 0.1) is 10.1 Å². The van der Waals surface area contributed by atoms with Gasteiger partial charge in [-0.1, -0.05) is 11.3 Å². The van der Waals surface area contributed by atoms with Gasteiger partial charge in [0.1, 0.15) is 4.21 Å². The summed E-state index contributed by atoms with van der Waals surface area (Å²) in [6.45, 7) is 0. The molecule has 0 aliphatic heterocycles. The maximum absolute atomic E-state index is 12.0. The first kappa shape index (κ1) is 13.3. The number of hydrogen-bond acceptors (Lipinski definition) is 8. The van der Waals surface area contributed by atoms with E-state index in [1.54, 1.807) is 0 Å². The van der Waals surface area contributed by atoms with Gasteiger partial charge in [0, 0.05) is 12.3 Å². The van der Waals surface area contributed by atoms with Crippen molar-refractivity contribution in [2.24, 2.45) is 5.84 Å². The Morgan fingerprint density at radius 3 is 2.74 bits per heavy atom. The van der Waals surface area contributed by atoms with Gasteiger partial charge in [0.05, 0.1) is 16.8 Å². The van der Waals surface area contributed by atoms with Crippen molar-refractivity contribution >= 4 is 37.7 Å². The molecule has 0 atom stereocenters. The number of nitro groups is 1. The largest absolute Gasteiger partial charge is 0.310 e. The predicted molar refractivity (Wildman–Crippen MR) is 68.2 cm³/mol. The predicted octanol–water partition coefficient (Wildman–Crippen LogP) is 0.466. The summed E-state index contributed by atoms with van der Waals surface area (Å²) in [7, 11) is -3.92. The number of anilines is 2. The molecule has 0 fully saturated rings.